The number of aliphatic hydroxyl groups is 1. The smallest absolute Gasteiger partial charge is 0.0319 e. The Morgan fingerprint density at radius 2 is 1.39 bits per heavy atom. The standard InChI is InChI=1S/C22H39N.C3H8.CH4O/c1-4-6-8-10-11-12-13-14-15-16-18-22(3)19-21-23-20-17-9-7-5-2;1-3-2;1-2/h6,8,12-16,18,22-23H,4-5,7,9-11,17,19-21H2,1-3H3;3H2,1-2H3;2H,1H3/b8-6-,13-12+,15-14-,18-16+;;. The molecular formula is C26H51NO. The van der Waals surface area contributed by atoms with Gasteiger partial charge in [-0.1, -0.05) is 109 Å². The van der Waals surface area contributed by atoms with Gasteiger partial charge in [-0.3, -0.25) is 0 Å². The minimum atomic E-state index is 0.644. The summed E-state index contributed by atoms with van der Waals surface area (Å²) in [5.74, 6) is 0.644. The van der Waals surface area contributed by atoms with Crippen LogP contribution in [0.5, 0.6) is 0 Å². The minimum absolute atomic E-state index is 0.644. The van der Waals surface area contributed by atoms with Crippen LogP contribution in [0.4, 0.5) is 0 Å². The number of hydrogen-bond acceptors (Lipinski definition) is 2. The molecule has 0 aromatic heterocycles. The van der Waals surface area contributed by atoms with Gasteiger partial charge in [-0.05, 0) is 51.1 Å². The first-order valence-corrected chi connectivity index (χ1v) is 11.5. The Kier molecular flexibility index (Phi) is 37.7. The van der Waals surface area contributed by atoms with Crippen LogP contribution in [-0.2, 0) is 0 Å². The van der Waals surface area contributed by atoms with Gasteiger partial charge >= 0.3 is 0 Å². The molecule has 2 nitrogen and oxygen atoms in total. The number of hydrogen-bond donors (Lipinski definition) is 2. The molecule has 0 heterocycles. The second kappa shape index (κ2) is 33.5. The first-order chi connectivity index (χ1) is 13.7. The summed E-state index contributed by atoms with van der Waals surface area (Å²) in [4.78, 5) is 0. The average molecular weight is 394 g/mol. The zero-order valence-corrected chi connectivity index (χ0v) is 19.9. The van der Waals surface area contributed by atoms with E-state index in [0.717, 1.165) is 32.9 Å². The van der Waals surface area contributed by atoms with Crippen molar-refractivity contribution in [3.63, 3.8) is 0 Å². The van der Waals surface area contributed by atoms with Crippen LogP contribution >= 0.6 is 0 Å². The third-order valence-corrected chi connectivity index (χ3v) is 3.79. The van der Waals surface area contributed by atoms with E-state index in [1.54, 1.807) is 0 Å². The Labute approximate surface area is 177 Å². The van der Waals surface area contributed by atoms with Gasteiger partial charge in [0.2, 0.25) is 0 Å². The zero-order valence-electron chi connectivity index (χ0n) is 19.9. The van der Waals surface area contributed by atoms with Gasteiger partial charge < -0.3 is 10.4 Å². The van der Waals surface area contributed by atoms with Crippen molar-refractivity contribution < 1.29 is 5.11 Å². The molecule has 0 aliphatic carbocycles. The van der Waals surface area contributed by atoms with Crippen LogP contribution in [0.1, 0.15) is 92.4 Å². The lowest BCUT2D eigenvalue weighted by Crippen LogP contribution is -2.18. The molecule has 2 N–H and O–H groups in total. The number of allylic oxidation sites excluding steroid dienone is 8. The highest BCUT2D eigenvalue weighted by Gasteiger charge is 1.95. The maximum atomic E-state index is 7.00. The SMILES string of the molecule is CC/C=C\CC/C=C/C=C\C=C\C(C)CCNCCCCCC.CCC.CO. The Balaban J connectivity index is -0.00000113. The molecule has 0 aromatic rings. The molecule has 0 fully saturated rings. The Hall–Kier alpha value is -1.12. The molecule has 0 aromatic carbocycles. The molecule has 2 heteroatoms. The van der Waals surface area contributed by atoms with E-state index in [-0.39, 0.29) is 0 Å². The van der Waals surface area contributed by atoms with E-state index >= 15 is 0 Å². The molecule has 1 unspecified atom stereocenters. The summed E-state index contributed by atoms with van der Waals surface area (Å²) in [6.45, 7) is 13.3. The highest BCUT2D eigenvalue weighted by atomic mass is 16.2. The van der Waals surface area contributed by atoms with Crippen molar-refractivity contribution in [3.8, 4) is 0 Å². The molecule has 0 amide bonds. The lowest BCUT2D eigenvalue weighted by Gasteiger charge is -2.07. The summed E-state index contributed by atoms with van der Waals surface area (Å²) in [6, 6.07) is 0. The van der Waals surface area contributed by atoms with E-state index in [1.165, 1.54) is 45.1 Å². The minimum Gasteiger partial charge on any atom is -0.400 e. The van der Waals surface area contributed by atoms with Crippen molar-refractivity contribution in [2.75, 3.05) is 20.2 Å². The van der Waals surface area contributed by atoms with Gasteiger partial charge in [0.05, 0.1) is 0 Å². The summed E-state index contributed by atoms with van der Waals surface area (Å²) >= 11 is 0. The Bertz CT molecular complexity index is 355. The van der Waals surface area contributed by atoms with Crippen molar-refractivity contribution in [1.82, 2.24) is 5.32 Å². The van der Waals surface area contributed by atoms with E-state index in [1.807, 2.05) is 0 Å². The van der Waals surface area contributed by atoms with Crippen LogP contribution in [0, 0.1) is 5.92 Å². The molecule has 0 bridgehead atoms. The highest BCUT2D eigenvalue weighted by molar-refractivity contribution is 5.11. The van der Waals surface area contributed by atoms with E-state index in [4.69, 9.17) is 5.11 Å². The average Bonchev–Trinajstić information content (AvgIpc) is 2.71. The van der Waals surface area contributed by atoms with Crippen LogP contribution in [0.25, 0.3) is 0 Å². The molecule has 0 aliphatic heterocycles. The number of nitrogens with one attached hydrogen (secondary N) is 1. The maximum Gasteiger partial charge on any atom is 0.0319 e. The van der Waals surface area contributed by atoms with E-state index in [9.17, 15) is 0 Å². The quantitative estimate of drug-likeness (QED) is 0.170. The first-order valence-electron chi connectivity index (χ1n) is 11.5. The fourth-order valence-electron chi connectivity index (χ4n) is 2.26. The van der Waals surface area contributed by atoms with Crippen molar-refractivity contribution in [2.45, 2.75) is 92.4 Å². The molecule has 0 rings (SSSR count). The molecule has 166 valence electrons. The summed E-state index contributed by atoms with van der Waals surface area (Å²) in [7, 11) is 1.00. The normalized spacial score (nSPS) is 12.4. The van der Waals surface area contributed by atoms with Crippen LogP contribution in [-0.4, -0.2) is 25.3 Å². The van der Waals surface area contributed by atoms with Gasteiger partial charge in [-0.25, -0.2) is 0 Å². The van der Waals surface area contributed by atoms with Crippen molar-refractivity contribution >= 4 is 0 Å². The topological polar surface area (TPSA) is 32.3 Å². The molecular weight excluding hydrogens is 342 g/mol. The number of aliphatic hydroxyl groups excluding tert-OH is 1. The summed E-state index contributed by atoms with van der Waals surface area (Å²) in [5.41, 5.74) is 0. The van der Waals surface area contributed by atoms with Gasteiger partial charge in [-0.2, -0.15) is 0 Å². The second-order valence-corrected chi connectivity index (χ2v) is 6.94. The van der Waals surface area contributed by atoms with Crippen LogP contribution < -0.4 is 5.32 Å². The summed E-state index contributed by atoms with van der Waals surface area (Å²) in [6.07, 6.45) is 28.9. The highest BCUT2D eigenvalue weighted by Crippen LogP contribution is 2.03. The largest absolute Gasteiger partial charge is 0.400 e. The van der Waals surface area contributed by atoms with Crippen LogP contribution in [0.15, 0.2) is 48.6 Å². The van der Waals surface area contributed by atoms with Gasteiger partial charge in [0.15, 0.2) is 0 Å². The molecule has 28 heavy (non-hydrogen) atoms. The molecule has 0 saturated heterocycles. The monoisotopic (exact) mass is 393 g/mol. The van der Waals surface area contributed by atoms with Crippen molar-refractivity contribution in [3.05, 3.63) is 48.6 Å². The lowest BCUT2D eigenvalue weighted by atomic mass is 10.1. The van der Waals surface area contributed by atoms with E-state index in [2.05, 4.69) is 88.5 Å². The van der Waals surface area contributed by atoms with Crippen molar-refractivity contribution in [1.29, 1.82) is 0 Å². The van der Waals surface area contributed by atoms with Gasteiger partial charge in [0.25, 0.3) is 0 Å². The van der Waals surface area contributed by atoms with E-state index < -0.39 is 0 Å². The van der Waals surface area contributed by atoms with Crippen LogP contribution in [0.2, 0.25) is 0 Å². The maximum absolute atomic E-state index is 7.00. The fourth-order valence-corrected chi connectivity index (χ4v) is 2.26. The van der Waals surface area contributed by atoms with Crippen LogP contribution in [0.3, 0.4) is 0 Å². The first kappa shape index (κ1) is 31.6. The molecule has 0 aliphatic rings. The van der Waals surface area contributed by atoms with Gasteiger partial charge in [0, 0.05) is 7.11 Å². The molecule has 0 radical (unpaired) electrons. The zero-order chi connectivity index (χ0) is 21.7. The third kappa shape index (κ3) is 35.9. The number of rotatable bonds is 15. The van der Waals surface area contributed by atoms with Gasteiger partial charge in [-0.15, -0.1) is 0 Å². The fraction of sp³-hybridized carbons (Fsp3) is 0.692. The molecule has 0 saturated carbocycles. The number of unbranched alkanes of at least 4 members (excludes halogenated alkanes) is 4. The second-order valence-electron chi connectivity index (χ2n) is 6.94. The summed E-state index contributed by atoms with van der Waals surface area (Å²) in [5, 5.41) is 10.5. The lowest BCUT2D eigenvalue weighted by molar-refractivity contribution is 0.399. The molecule has 1 atom stereocenters. The Morgan fingerprint density at radius 3 is 2.04 bits per heavy atom. The third-order valence-electron chi connectivity index (χ3n) is 3.79. The van der Waals surface area contributed by atoms with E-state index in [0.29, 0.717) is 5.92 Å². The molecule has 0 spiro atoms. The predicted octanol–water partition coefficient (Wildman–Crippen LogP) is 7.62. The van der Waals surface area contributed by atoms with Gasteiger partial charge in [0.1, 0.15) is 0 Å². The summed E-state index contributed by atoms with van der Waals surface area (Å²) < 4.78 is 0. The van der Waals surface area contributed by atoms with Crippen molar-refractivity contribution in [2.24, 2.45) is 5.92 Å². The Morgan fingerprint density at radius 1 is 0.750 bits per heavy atom. The predicted molar refractivity (Wildman–Crippen MR) is 131 cm³/mol.